The van der Waals surface area contributed by atoms with E-state index in [0.717, 1.165) is 22.3 Å². The fourth-order valence-electron chi connectivity index (χ4n) is 2.65. The van der Waals surface area contributed by atoms with Gasteiger partial charge in [-0.1, -0.05) is 30.8 Å². The number of imidazole rings is 1. The minimum Gasteiger partial charge on any atom is -0.309 e. The van der Waals surface area contributed by atoms with Crippen molar-refractivity contribution in [2.45, 2.75) is 25.0 Å². The number of hydrogen-bond acceptors (Lipinski definition) is 4. The van der Waals surface area contributed by atoms with E-state index in [1.165, 1.54) is 35.5 Å². The van der Waals surface area contributed by atoms with Crippen molar-refractivity contribution < 1.29 is 4.39 Å². The lowest BCUT2D eigenvalue weighted by molar-refractivity contribution is 0.625. The van der Waals surface area contributed by atoms with Gasteiger partial charge < -0.3 is 4.57 Å². The van der Waals surface area contributed by atoms with Crippen molar-refractivity contribution in [3.63, 3.8) is 0 Å². The Labute approximate surface area is 147 Å². The van der Waals surface area contributed by atoms with Crippen LogP contribution in [0.25, 0.3) is 11.2 Å². The molecule has 6 nitrogen and oxygen atoms in total. The van der Waals surface area contributed by atoms with Crippen LogP contribution in [0.15, 0.2) is 39.0 Å². The first kappa shape index (κ1) is 17.5. The molecule has 0 amide bonds. The Hall–Kier alpha value is -2.35. The van der Waals surface area contributed by atoms with E-state index in [2.05, 4.69) is 11.9 Å². The summed E-state index contributed by atoms with van der Waals surface area (Å²) >= 11 is 1.54. The molecular weight excluding hydrogens is 343 g/mol. The third-order valence-electron chi connectivity index (χ3n) is 4.00. The maximum absolute atomic E-state index is 13.2. The van der Waals surface area contributed by atoms with Gasteiger partial charge in [-0.2, -0.15) is 0 Å². The lowest BCUT2D eigenvalue weighted by Crippen LogP contribution is -2.37. The first-order chi connectivity index (χ1) is 11.9. The summed E-state index contributed by atoms with van der Waals surface area (Å²) in [5.74, 6) is 0.541. The topological polar surface area (TPSA) is 61.8 Å². The van der Waals surface area contributed by atoms with Crippen LogP contribution in [0, 0.1) is 5.82 Å². The standard InChI is InChI=1S/C17H19FN4O2S/c1-4-9-25-16-19-14-13(15(23)21(3)17(24)20(14)2)22(16)10-11-5-7-12(18)8-6-11/h5-8H,4,9-10H2,1-3H3. The monoisotopic (exact) mass is 362 g/mol. The molecule has 8 heteroatoms. The summed E-state index contributed by atoms with van der Waals surface area (Å²) in [5.41, 5.74) is 0.823. The Morgan fingerprint density at radius 2 is 1.80 bits per heavy atom. The van der Waals surface area contributed by atoms with Gasteiger partial charge in [0.2, 0.25) is 0 Å². The summed E-state index contributed by atoms with van der Waals surface area (Å²) in [7, 11) is 3.06. The van der Waals surface area contributed by atoms with Gasteiger partial charge in [0, 0.05) is 19.8 Å². The van der Waals surface area contributed by atoms with E-state index in [1.807, 2.05) is 4.57 Å². The number of nitrogens with zero attached hydrogens (tertiary/aromatic N) is 4. The van der Waals surface area contributed by atoms with E-state index in [0.29, 0.717) is 22.9 Å². The molecule has 0 aliphatic heterocycles. The molecule has 2 heterocycles. The molecular formula is C17H19FN4O2S. The highest BCUT2D eigenvalue weighted by Crippen LogP contribution is 2.23. The second-order valence-electron chi connectivity index (χ2n) is 5.83. The van der Waals surface area contributed by atoms with Gasteiger partial charge in [-0.05, 0) is 24.1 Å². The van der Waals surface area contributed by atoms with Crippen LogP contribution < -0.4 is 11.2 Å². The highest BCUT2D eigenvalue weighted by Gasteiger charge is 2.19. The van der Waals surface area contributed by atoms with E-state index in [-0.39, 0.29) is 11.4 Å². The van der Waals surface area contributed by atoms with Crippen molar-refractivity contribution in [1.29, 1.82) is 0 Å². The number of hydrogen-bond donors (Lipinski definition) is 0. The number of aryl methyl sites for hydroxylation is 1. The van der Waals surface area contributed by atoms with Crippen LogP contribution in [0.2, 0.25) is 0 Å². The van der Waals surface area contributed by atoms with Crippen molar-refractivity contribution >= 4 is 22.9 Å². The van der Waals surface area contributed by atoms with Gasteiger partial charge in [0.05, 0.1) is 6.54 Å². The van der Waals surface area contributed by atoms with Gasteiger partial charge >= 0.3 is 5.69 Å². The second kappa shape index (κ2) is 6.87. The van der Waals surface area contributed by atoms with Crippen molar-refractivity contribution in [1.82, 2.24) is 18.7 Å². The molecule has 0 saturated carbocycles. The molecule has 0 N–H and O–H groups in total. The molecule has 132 valence electrons. The largest absolute Gasteiger partial charge is 0.332 e. The molecule has 1 aromatic carbocycles. The summed E-state index contributed by atoms with van der Waals surface area (Å²) in [6.45, 7) is 2.45. The van der Waals surface area contributed by atoms with Crippen molar-refractivity contribution in [3.05, 3.63) is 56.5 Å². The molecule has 0 bridgehead atoms. The van der Waals surface area contributed by atoms with Crippen molar-refractivity contribution in [3.8, 4) is 0 Å². The van der Waals surface area contributed by atoms with E-state index >= 15 is 0 Å². The number of fused-ring (bicyclic) bond motifs is 1. The number of benzene rings is 1. The fraction of sp³-hybridized carbons (Fsp3) is 0.353. The quantitative estimate of drug-likeness (QED) is 0.653. The molecule has 0 aliphatic carbocycles. The molecule has 25 heavy (non-hydrogen) atoms. The van der Waals surface area contributed by atoms with Gasteiger partial charge in [0.1, 0.15) is 5.82 Å². The van der Waals surface area contributed by atoms with E-state index in [9.17, 15) is 14.0 Å². The zero-order valence-electron chi connectivity index (χ0n) is 14.3. The minimum atomic E-state index is -0.407. The summed E-state index contributed by atoms with van der Waals surface area (Å²) in [6.07, 6.45) is 0.960. The third kappa shape index (κ3) is 3.13. The Bertz CT molecular complexity index is 1030. The number of rotatable bonds is 5. The van der Waals surface area contributed by atoms with Crippen LogP contribution in [0.5, 0.6) is 0 Å². The number of aromatic nitrogens is 4. The summed E-state index contributed by atoms with van der Waals surface area (Å²) < 4.78 is 17.4. The van der Waals surface area contributed by atoms with Crippen LogP contribution in [0.4, 0.5) is 4.39 Å². The molecule has 2 aromatic heterocycles. The SMILES string of the molecule is CCCSc1nc2c(c(=O)n(C)c(=O)n2C)n1Cc1ccc(F)cc1. The molecule has 3 aromatic rings. The van der Waals surface area contributed by atoms with Gasteiger partial charge in [0.15, 0.2) is 16.3 Å². The Kier molecular flexibility index (Phi) is 4.80. The molecule has 0 radical (unpaired) electrons. The Morgan fingerprint density at radius 1 is 1.12 bits per heavy atom. The number of thioether (sulfide) groups is 1. The zero-order valence-corrected chi connectivity index (χ0v) is 15.1. The Balaban J connectivity index is 2.24. The van der Waals surface area contributed by atoms with Gasteiger partial charge in [-0.15, -0.1) is 0 Å². The zero-order chi connectivity index (χ0) is 18.1. The predicted molar refractivity (Wildman–Crippen MR) is 96.7 cm³/mol. The smallest absolute Gasteiger partial charge is 0.309 e. The summed E-state index contributed by atoms with van der Waals surface area (Å²) in [5, 5.41) is 0.680. The average molecular weight is 362 g/mol. The first-order valence-electron chi connectivity index (χ1n) is 7.97. The third-order valence-corrected chi connectivity index (χ3v) is 5.18. The Morgan fingerprint density at radius 3 is 2.44 bits per heavy atom. The molecule has 0 atom stereocenters. The second-order valence-corrected chi connectivity index (χ2v) is 6.90. The van der Waals surface area contributed by atoms with Crippen LogP contribution in [-0.4, -0.2) is 24.4 Å². The van der Waals surface area contributed by atoms with Crippen LogP contribution in [0.3, 0.4) is 0 Å². The molecule has 0 saturated heterocycles. The lowest BCUT2D eigenvalue weighted by atomic mass is 10.2. The van der Waals surface area contributed by atoms with E-state index in [4.69, 9.17) is 0 Å². The highest BCUT2D eigenvalue weighted by molar-refractivity contribution is 7.99. The van der Waals surface area contributed by atoms with Gasteiger partial charge in [-0.3, -0.25) is 13.9 Å². The normalized spacial score (nSPS) is 11.4. The fourth-order valence-corrected chi connectivity index (χ4v) is 3.50. The van der Waals surface area contributed by atoms with E-state index < -0.39 is 5.69 Å². The predicted octanol–water partition coefficient (Wildman–Crippen LogP) is 2.12. The molecule has 0 spiro atoms. The van der Waals surface area contributed by atoms with Crippen molar-refractivity contribution in [2.24, 2.45) is 14.1 Å². The summed E-state index contributed by atoms with van der Waals surface area (Å²) in [4.78, 5) is 29.4. The average Bonchev–Trinajstić information content (AvgIpc) is 2.96. The summed E-state index contributed by atoms with van der Waals surface area (Å²) in [6, 6.07) is 6.14. The van der Waals surface area contributed by atoms with Crippen molar-refractivity contribution in [2.75, 3.05) is 5.75 Å². The minimum absolute atomic E-state index is 0.307. The maximum Gasteiger partial charge on any atom is 0.332 e. The van der Waals surface area contributed by atoms with Crippen LogP contribution >= 0.6 is 11.8 Å². The first-order valence-corrected chi connectivity index (χ1v) is 8.96. The molecule has 0 fully saturated rings. The van der Waals surface area contributed by atoms with E-state index in [1.54, 1.807) is 19.2 Å². The maximum atomic E-state index is 13.2. The van der Waals surface area contributed by atoms with Gasteiger partial charge in [0.25, 0.3) is 5.56 Å². The molecule has 0 aliphatic rings. The van der Waals surface area contributed by atoms with Crippen LogP contribution in [0.1, 0.15) is 18.9 Å². The lowest BCUT2D eigenvalue weighted by Gasteiger charge is -2.09. The highest BCUT2D eigenvalue weighted by atomic mass is 32.2. The molecule has 3 rings (SSSR count). The van der Waals surface area contributed by atoms with Crippen LogP contribution in [-0.2, 0) is 20.6 Å². The number of halogens is 1. The molecule has 0 unspecified atom stereocenters. The van der Waals surface area contributed by atoms with Gasteiger partial charge in [-0.25, -0.2) is 14.2 Å².